The monoisotopic (exact) mass is 291 g/mol. The van der Waals surface area contributed by atoms with Crippen LogP contribution in [0.1, 0.15) is 15.9 Å². The molecular weight excluding hydrogens is 274 g/mol. The molecule has 0 saturated heterocycles. The van der Waals surface area contributed by atoms with Crippen LogP contribution in [0.3, 0.4) is 0 Å². The second-order valence-electron chi connectivity index (χ2n) is 4.17. The second-order valence-corrected chi connectivity index (χ2v) is 4.17. The lowest BCUT2D eigenvalue weighted by Crippen LogP contribution is -2.23. The highest BCUT2D eigenvalue weighted by molar-refractivity contribution is 5.98. The number of aromatic amines is 1. The third-order valence-corrected chi connectivity index (χ3v) is 2.96. The van der Waals surface area contributed by atoms with Crippen molar-refractivity contribution in [2.75, 3.05) is 21.3 Å². The van der Waals surface area contributed by atoms with Crippen molar-refractivity contribution < 1.29 is 19.0 Å². The minimum Gasteiger partial charge on any atom is -0.493 e. The molecule has 0 atom stereocenters. The van der Waals surface area contributed by atoms with Crippen LogP contribution < -0.4 is 19.5 Å². The van der Waals surface area contributed by atoms with Gasteiger partial charge < -0.3 is 19.5 Å². The molecule has 2 N–H and O–H groups in total. The SMILES string of the molecule is COc1ccc(C(=O)NCc2cn[nH]c2)c(OC)c1OC. The summed E-state index contributed by atoms with van der Waals surface area (Å²) in [7, 11) is 4.49. The maximum atomic E-state index is 12.3. The molecule has 0 saturated carbocycles. The van der Waals surface area contributed by atoms with E-state index in [1.165, 1.54) is 21.3 Å². The number of carbonyl (C=O) groups is 1. The Morgan fingerprint density at radius 2 is 1.95 bits per heavy atom. The third-order valence-electron chi connectivity index (χ3n) is 2.96. The van der Waals surface area contributed by atoms with Crippen LogP contribution in [0.5, 0.6) is 17.2 Å². The van der Waals surface area contributed by atoms with Gasteiger partial charge in [0.1, 0.15) is 0 Å². The van der Waals surface area contributed by atoms with Crippen molar-refractivity contribution in [1.82, 2.24) is 15.5 Å². The summed E-state index contributed by atoms with van der Waals surface area (Å²) in [4.78, 5) is 12.3. The molecule has 2 rings (SSSR count). The van der Waals surface area contributed by atoms with Gasteiger partial charge in [-0.25, -0.2) is 0 Å². The molecule has 0 bridgehead atoms. The number of benzene rings is 1. The minimum atomic E-state index is -0.269. The molecule has 1 amide bonds. The van der Waals surface area contributed by atoms with Crippen molar-refractivity contribution in [3.63, 3.8) is 0 Å². The molecule has 0 fully saturated rings. The summed E-state index contributed by atoms with van der Waals surface area (Å²) >= 11 is 0. The van der Waals surface area contributed by atoms with Gasteiger partial charge in [-0.2, -0.15) is 5.10 Å². The van der Waals surface area contributed by atoms with E-state index in [9.17, 15) is 4.79 Å². The predicted octanol–water partition coefficient (Wildman–Crippen LogP) is 1.37. The first kappa shape index (κ1) is 14.7. The maximum Gasteiger partial charge on any atom is 0.255 e. The summed E-state index contributed by atoms with van der Waals surface area (Å²) in [5.41, 5.74) is 1.25. The fourth-order valence-electron chi connectivity index (χ4n) is 1.93. The zero-order valence-corrected chi connectivity index (χ0v) is 12.1. The van der Waals surface area contributed by atoms with Crippen LogP contribution in [0.15, 0.2) is 24.5 Å². The van der Waals surface area contributed by atoms with Gasteiger partial charge in [-0.1, -0.05) is 0 Å². The number of nitrogens with zero attached hydrogens (tertiary/aromatic N) is 1. The lowest BCUT2D eigenvalue weighted by molar-refractivity contribution is 0.0947. The number of nitrogens with one attached hydrogen (secondary N) is 2. The molecule has 1 aromatic heterocycles. The number of aromatic nitrogens is 2. The average molecular weight is 291 g/mol. The number of ether oxygens (including phenoxy) is 3. The summed E-state index contributed by atoms with van der Waals surface area (Å²) in [6, 6.07) is 3.29. The molecule has 0 radical (unpaired) electrons. The van der Waals surface area contributed by atoms with Crippen molar-refractivity contribution in [3.05, 3.63) is 35.7 Å². The van der Waals surface area contributed by atoms with Crippen LogP contribution >= 0.6 is 0 Å². The zero-order chi connectivity index (χ0) is 15.2. The number of H-pyrrole nitrogens is 1. The summed E-state index contributed by atoms with van der Waals surface area (Å²) in [6.45, 7) is 0.368. The van der Waals surface area contributed by atoms with Crippen molar-refractivity contribution in [1.29, 1.82) is 0 Å². The van der Waals surface area contributed by atoms with Crippen molar-refractivity contribution in [2.24, 2.45) is 0 Å². The number of rotatable bonds is 6. The molecule has 2 aromatic rings. The van der Waals surface area contributed by atoms with Gasteiger partial charge in [0.15, 0.2) is 11.5 Å². The fraction of sp³-hybridized carbons (Fsp3) is 0.286. The number of carbonyl (C=O) groups excluding carboxylic acids is 1. The van der Waals surface area contributed by atoms with E-state index in [1.807, 2.05) is 0 Å². The Bertz CT molecular complexity index is 611. The number of amides is 1. The minimum absolute atomic E-state index is 0.269. The van der Waals surface area contributed by atoms with Gasteiger partial charge in [-0.3, -0.25) is 9.89 Å². The molecule has 7 nitrogen and oxygen atoms in total. The standard InChI is InChI=1S/C14H17N3O4/c1-19-11-5-4-10(12(20-2)13(11)21-3)14(18)15-6-9-7-16-17-8-9/h4-5,7-8H,6H2,1-3H3,(H,15,18)(H,16,17). The van der Waals surface area contributed by atoms with E-state index in [4.69, 9.17) is 14.2 Å². The maximum absolute atomic E-state index is 12.3. The Morgan fingerprint density at radius 1 is 1.19 bits per heavy atom. The van der Waals surface area contributed by atoms with E-state index in [0.29, 0.717) is 29.4 Å². The lowest BCUT2D eigenvalue weighted by Gasteiger charge is -2.15. The number of methoxy groups -OCH3 is 3. The first-order chi connectivity index (χ1) is 10.2. The van der Waals surface area contributed by atoms with Gasteiger partial charge in [0.2, 0.25) is 5.75 Å². The van der Waals surface area contributed by atoms with E-state index in [2.05, 4.69) is 15.5 Å². The van der Waals surface area contributed by atoms with Gasteiger partial charge in [0, 0.05) is 18.3 Å². The Kier molecular flexibility index (Phi) is 4.65. The summed E-state index contributed by atoms with van der Waals surface area (Å²) in [5, 5.41) is 9.30. The highest BCUT2D eigenvalue weighted by atomic mass is 16.5. The second kappa shape index (κ2) is 6.65. The van der Waals surface area contributed by atoms with E-state index in [-0.39, 0.29) is 5.91 Å². The van der Waals surface area contributed by atoms with Gasteiger partial charge in [0.05, 0.1) is 33.1 Å². The molecule has 1 heterocycles. The van der Waals surface area contributed by atoms with Gasteiger partial charge in [0.25, 0.3) is 5.91 Å². The molecule has 1 aromatic carbocycles. The van der Waals surface area contributed by atoms with Crippen LogP contribution in [-0.4, -0.2) is 37.4 Å². The van der Waals surface area contributed by atoms with Gasteiger partial charge >= 0.3 is 0 Å². The summed E-state index contributed by atoms with van der Waals surface area (Å²) in [6.07, 6.45) is 3.36. The molecule has 0 spiro atoms. The fourth-order valence-corrected chi connectivity index (χ4v) is 1.93. The predicted molar refractivity (Wildman–Crippen MR) is 75.9 cm³/mol. The van der Waals surface area contributed by atoms with E-state index >= 15 is 0 Å². The highest BCUT2D eigenvalue weighted by Gasteiger charge is 2.20. The van der Waals surface area contributed by atoms with Gasteiger partial charge in [-0.05, 0) is 12.1 Å². The Balaban J connectivity index is 2.23. The molecule has 0 aliphatic heterocycles. The Hall–Kier alpha value is -2.70. The third kappa shape index (κ3) is 3.07. The van der Waals surface area contributed by atoms with E-state index in [0.717, 1.165) is 5.56 Å². The summed E-state index contributed by atoms with van der Waals surface area (Å²) < 4.78 is 15.7. The molecule has 112 valence electrons. The molecule has 7 heteroatoms. The normalized spacial score (nSPS) is 10.0. The molecule has 0 aliphatic carbocycles. The highest BCUT2D eigenvalue weighted by Crippen LogP contribution is 2.39. The number of hydrogen-bond donors (Lipinski definition) is 2. The molecule has 0 unspecified atom stereocenters. The van der Waals surface area contributed by atoms with Crippen LogP contribution in [0.4, 0.5) is 0 Å². The largest absolute Gasteiger partial charge is 0.493 e. The Labute approximate surface area is 122 Å². The molecule has 0 aliphatic rings. The smallest absolute Gasteiger partial charge is 0.255 e. The lowest BCUT2D eigenvalue weighted by atomic mass is 10.1. The number of hydrogen-bond acceptors (Lipinski definition) is 5. The quantitative estimate of drug-likeness (QED) is 0.839. The molecular formula is C14H17N3O4. The summed E-state index contributed by atoms with van der Waals surface area (Å²) in [5.74, 6) is 0.951. The van der Waals surface area contributed by atoms with Crippen LogP contribution in [0.25, 0.3) is 0 Å². The first-order valence-electron chi connectivity index (χ1n) is 6.26. The topological polar surface area (TPSA) is 85.5 Å². The van der Waals surface area contributed by atoms with Crippen molar-refractivity contribution in [3.8, 4) is 17.2 Å². The van der Waals surface area contributed by atoms with E-state index in [1.54, 1.807) is 24.5 Å². The first-order valence-corrected chi connectivity index (χ1v) is 6.26. The van der Waals surface area contributed by atoms with Crippen LogP contribution in [0.2, 0.25) is 0 Å². The average Bonchev–Trinajstić information content (AvgIpc) is 3.04. The van der Waals surface area contributed by atoms with Crippen LogP contribution in [-0.2, 0) is 6.54 Å². The van der Waals surface area contributed by atoms with Gasteiger partial charge in [-0.15, -0.1) is 0 Å². The van der Waals surface area contributed by atoms with Crippen molar-refractivity contribution in [2.45, 2.75) is 6.54 Å². The van der Waals surface area contributed by atoms with Crippen LogP contribution in [0, 0.1) is 0 Å². The Morgan fingerprint density at radius 3 is 2.52 bits per heavy atom. The molecule has 21 heavy (non-hydrogen) atoms. The van der Waals surface area contributed by atoms with E-state index < -0.39 is 0 Å². The van der Waals surface area contributed by atoms with Crippen molar-refractivity contribution >= 4 is 5.91 Å². The zero-order valence-electron chi connectivity index (χ0n) is 12.1.